The number of nitrogens with two attached hydrogens (primary N) is 1. The number of hydrogen-bond donors (Lipinski definition) is 1. The molecule has 72 valence electrons. The van der Waals surface area contributed by atoms with E-state index in [1.165, 1.54) is 9.75 Å². The Balaban J connectivity index is 2.65. The highest BCUT2D eigenvalue weighted by atomic mass is 32.1. The van der Waals surface area contributed by atoms with Crippen LogP contribution in [0.1, 0.15) is 36.1 Å². The Labute approximate surface area is 84.3 Å². The van der Waals surface area contributed by atoms with Crippen molar-refractivity contribution in [2.45, 2.75) is 32.7 Å². The van der Waals surface area contributed by atoms with Crippen molar-refractivity contribution in [1.29, 1.82) is 0 Å². The van der Waals surface area contributed by atoms with Gasteiger partial charge in [-0.25, -0.2) is 0 Å². The molecular weight excluding hydrogens is 178 g/mol. The second-order valence-electron chi connectivity index (χ2n) is 3.43. The van der Waals surface area contributed by atoms with Crippen LogP contribution in [0.25, 0.3) is 0 Å². The van der Waals surface area contributed by atoms with Gasteiger partial charge in [-0.2, -0.15) is 0 Å². The number of aryl methyl sites for hydroxylation is 1. The average molecular weight is 195 g/mol. The van der Waals surface area contributed by atoms with Crippen LogP contribution in [0.5, 0.6) is 0 Å². The third-order valence-electron chi connectivity index (χ3n) is 1.96. The van der Waals surface area contributed by atoms with E-state index in [1.807, 2.05) is 18.3 Å². The van der Waals surface area contributed by atoms with Crippen LogP contribution in [0, 0.1) is 0 Å². The summed E-state index contributed by atoms with van der Waals surface area (Å²) in [4.78, 5) is 2.69. The molecule has 0 radical (unpaired) electrons. The third kappa shape index (κ3) is 2.98. The van der Waals surface area contributed by atoms with Gasteiger partial charge >= 0.3 is 0 Å². The first kappa shape index (κ1) is 10.5. The molecule has 1 aromatic rings. The fourth-order valence-electron chi connectivity index (χ4n) is 1.26. The lowest BCUT2D eigenvalue weighted by molar-refractivity contribution is 0.731. The third-order valence-corrected chi connectivity index (χ3v) is 3.33. The predicted octanol–water partition coefficient (Wildman–Crippen LogP) is 3.28. The first-order valence-corrected chi connectivity index (χ1v) is 5.43. The summed E-state index contributed by atoms with van der Waals surface area (Å²) in [5.74, 6) is 0. The lowest BCUT2D eigenvalue weighted by atomic mass is 10.1. The van der Waals surface area contributed by atoms with Crippen LogP contribution in [0.3, 0.4) is 0 Å². The largest absolute Gasteiger partial charge is 0.323 e. The minimum Gasteiger partial charge on any atom is -0.323 e. The molecule has 1 rings (SSSR count). The van der Waals surface area contributed by atoms with Crippen molar-refractivity contribution in [3.63, 3.8) is 0 Å². The van der Waals surface area contributed by atoms with Crippen LogP contribution in [0.2, 0.25) is 0 Å². The van der Waals surface area contributed by atoms with E-state index in [0.29, 0.717) is 0 Å². The van der Waals surface area contributed by atoms with Gasteiger partial charge in [0.05, 0.1) is 0 Å². The van der Waals surface area contributed by atoms with Gasteiger partial charge in [0, 0.05) is 15.8 Å². The maximum atomic E-state index is 6.01. The fourth-order valence-corrected chi connectivity index (χ4v) is 2.21. The van der Waals surface area contributed by atoms with E-state index in [9.17, 15) is 0 Å². The maximum absolute atomic E-state index is 6.01. The van der Waals surface area contributed by atoms with Gasteiger partial charge in [-0.15, -0.1) is 17.9 Å². The van der Waals surface area contributed by atoms with Gasteiger partial charge in [0.1, 0.15) is 0 Å². The van der Waals surface area contributed by atoms with Gasteiger partial charge in [0.15, 0.2) is 0 Å². The summed E-state index contributed by atoms with van der Waals surface area (Å²) in [6, 6.07) is 4.44. The molecule has 1 heterocycles. The number of thiophene rings is 1. The summed E-state index contributed by atoms with van der Waals surface area (Å²) in [7, 11) is 0. The molecule has 0 fully saturated rings. The minimum absolute atomic E-state index is 0.141. The van der Waals surface area contributed by atoms with Crippen LogP contribution in [0.15, 0.2) is 24.3 Å². The normalized spacial score (nSPS) is 12.8. The van der Waals surface area contributed by atoms with Crippen molar-refractivity contribution in [1.82, 2.24) is 0 Å². The van der Waals surface area contributed by atoms with E-state index in [-0.39, 0.29) is 6.04 Å². The first-order valence-electron chi connectivity index (χ1n) is 4.62. The van der Waals surface area contributed by atoms with Crippen LogP contribution in [0.4, 0.5) is 0 Å². The van der Waals surface area contributed by atoms with E-state index in [4.69, 9.17) is 5.73 Å². The van der Waals surface area contributed by atoms with Crippen molar-refractivity contribution < 1.29 is 0 Å². The summed E-state index contributed by atoms with van der Waals surface area (Å²) < 4.78 is 0. The zero-order valence-corrected chi connectivity index (χ0v) is 9.16. The molecule has 13 heavy (non-hydrogen) atoms. The molecule has 1 aromatic heterocycles. The predicted molar refractivity (Wildman–Crippen MR) is 60.1 cm³/mol. The molecule has 0 saturated heterocycles. The Hall–Kier alpha value is -0.600. The summed E-state index contributed by atoms with van der Waals surface area (Å²) in [6.07, 6.45) is 1.99. The Kier molecular flexibility index (Phi) is 3.70. The first-order chi connectivity index (χ1) is 6.13. The van der Waals surface area contributed by atoms with Gasteiger partial charge in [0.2, 0.25) is 0 Å². The minimum atomic E-state index is 0.141. The van der Waals surface area contributed by atoms with E-state index >= 15 is 0 Å². The molecule has 0 aliphatic carbocycles. The highest BCUT2D eigenvalue weighted by molar-refractivity contribution is 7.12. The summed E-state index contributed by atoms with van der Waals surface area (Å²) >= 11 is 1.82. The lowest BCUT2D eigenvalue weighted by Crippen LogP contribution is -2.08. The topological polar surface area (TPSA) is 26.0 Å². The van der Waals surface area contributed by atoms with Crippen LogP contribution < -0.4 is 5.73 Å². The average Bonchev–Trinajstić information content (AvgIpc) is 2.50. The molecule has 2 heteroatoms. The Bertz CT molecular complexity index is 288. The maximum Gasteiger partial charge on any atom is 0.0427 e. The molecule has 0 saturated carbocycles. The van der Waals surface area contributed by atoms with E-state index in [0.717, 1.165) is 18.4 Å². The van der Waals surface area contributed by atoms with Gasteiger partial charge in [-0.05, 0) is 31.9 Å². The quantitative estimate of drug-likeness (QED) is 0.733. The van der Waals surface area contributed by atoms with Crippen molar-refractivity contribution in [3.05, 3.63) is 34.0 Å². The van der Waals surface area contributed by atoms with Gasteiger partial charge in [-0.3, -0.25) is 0 Å². The second kappa shape index (κ2) is 4.58. The van der Waals surface area contributed by atoms with Gasteiger partial charge in [-0.1, -0.05) is 12.5 Å². The molecule has 0 spiro atoms. The molecule has 0 aliphatic heterocycles. The SMILES string of the molecule is C=C(C)C[C@H](N)c1ccc(CC)s1. The fraction of sp³-hybridized carbons (Fsp3) is 0.455. The molecule has 1 nitrogen and oxygen atoms in total. The zero-order valence-electron chi connectivity index (χ0n) is 8.34. The van der Waals surface area contributed by atoms with Crippen molar-refractivity contribution in [2.75, 3.05) is 0 Å². The Morgan fingerprint density at radius 1 is 1.62 bits per heavy atom. The van der Waals surface area contributed by atoms with E-state index in [2.05, 4.69) is 25.6 Å². The van der Waals surface area contributed by atoms with Crippen molar-refractivity contribution in [3.8, 4) is 0 Å². The number of rotatable bonds is 4. The van der Waals surface area contributed by atoms with Gasteiger partial charge < -0.3 is 5.73 Å². The standard InChI is InChI=1S/C11H17NS/c1-4-9-5-6-11(13-9)10(12)7-8(2)3/h5-6,10H,2,4,7,12H2,1,3H3/t10-/m0/s1. The molecule has 0 unspecified atom stereocenters. The second-order valence-corrected chi connectivity index (χ2v) is 4.63. The van der Waals surface area contributed by atoms with E-state index in [1.54, 1.807) is 0 Å². The van der Waals surface area contributed by atoms with E-state index < -0.39 is 0 Å². The molecule has 0 aliphatic rings. The van der Waals surface area contributed by atoms with Crippen LogP contribution >= 0.6 is 11.3 Å². The highest BCUT2D eigenvalue weighted by Gasteiger charge is 2.08. The smallest absolute Gasteiger partial charge is 0.0427 e. The Morgan fingerprint density at radius 2 is 2.31 bits per heavy atom. The zero-order chi connectivity index (χ0) is 9.84. The van der Waals surface area contributed by atoms with Gasteiger partial charge in [0.25, 0.3) is 0 Å². The molecule has 0 amide bonds. The summed E-state index contributed by atoms with van der Waals surface area (Å²) in [6.45, 7) is 8.06. The summed E-state index contributed by atoms with van der Waals surface area (Å²) in [5.41, 5.74) is 7.17. The molecule has 0 bridgehead atoms. The lowest BCUT2D eigenvalue weighted by Gasteiger charge is -2.08. The molecule has 0 aromatic carbocycles. The van der Waals surface area contributed by atoms with Crippen LogP contribution in [-0.4, -0.2) is 0 Å². The Morgan fingerprint density at radius 3 is 2.77 bits per heavy atom. The summed E-state index contributed by atoms with van der Waals surface area (Å²) in [5, 5.41) is 0. The molecular formula is C11H17NS. The molecule has 1 atom stereocenters. The van der Waals surface area contributed by atoms with Crippen molar-refractivity contribution >= 4 is 11.3 Å². The number of hydrogen-bond acceptors (Lipinski definition) is 2. The monoisotopic (exact) mass is 195 g/mol. The molecule has 2 N–H and O–H groups in total. The highest BCUT2D eigenvalue weighted by Crippen LogP contribution is 2.25. The van der Waals surface area contributed by atoms with Crippen molar-refractivity contribution in [2.24, 2.45) is 5.73 Å². The van der Waals surface area contributed by atoms with Crippen LogP contribution in [-0.2, 0) is 6.42 Å².